The lowest BCUT2D eigenvalue weighted by Crippen LogP contribution is -2.87. The lowest BCUT2D eigenvalue weighted by atomic mass is 9.98. The van der Waals surface area contributed by atoms with Crippen molar-refractivity contribution in [1.82, 2.24) is 4.98 Å². The van der Waals surface area contributed by atoms with Crippen LogP contribution in [0.5, 0.6) is 5.75 Å². The Bertz CT molecular complexity index is 1000. The molecular weight excluding hydrogens is 364 g/mol. The van der Waals surface area contributed by atoms with Crippen LogP contribution in [-0.2, 0) is 0 Å². The van der Waals surface area contributed by atoms with Gasteiger partial charge in [0.15, 0.2) is 5.78 Å². The average Bonchev–Trinajstić information content (AvgIpc) is 3.03. The molecule has 0 aliphatic carbocycles. The molecule has 0 radical (unpaired) electrons. The summed E-state index contributed by atoms with van der Waals surface area (Å²) < 4.78 is 5.26. The van der Waals surface area contributed by atoms with Gasteiger partial charge in [0.2, 0.25) is 5.78 Å². The number of rotatable bonds is 8. The van der Waals surface area contributed by atoms with Gasteiger partial charge in [0, 0.05) is 22.4 Å². The van der Waals surface area contributed by atoms with Crippen LogP contribution in [0, 0.1) is 13.8 Å². The Balaban J connectivity index is 1.84. The second kappa shape index (κ2) is 8.88. The van der Waals surface area contributed by atoms with Crippen LogP contribution in [0.2, 0.25) is 0 Å². The van der Waals surface area contributed by atoms with Crippen LogP contribution in [0.3, 0.4) is 0 Å². The molecule has 3 rings (SSSR count). The first kappa shape index (κ1) is 20.6. The summed E-state index contributed by atoms with van der Waals surface area (Å²) in [6, 6.07) is 18.0. The minimum atomic E-state index is -0.0281. The summed E-state index contributed by atoms with van der Waals surface area (Å²) in [5.41, 5.74) is 4.82. The van der Waals surface area contributed by atoms with Gasteiger partial charge in [-0.25, -0.2) is 0 Å². The van der Waals surface area contributed by atoms with Crippen LogP contribution in [0.1, 0.15) is 56.2 Å². The van der Waals surface area contributed by atoms with Gasteiger partial charge in [0.25, 0.3) is 0 Å². The van der Waals surface area contributed by atoms with E-state index in [0.29, 0.717) is 11.3 Å². The van der Waals surface area contributed by atoms with E-state index in [1.807, 2.05) is 61.6 Å². The summed E-state index contributed by atoms with van der Waals surface area (Å²) in [6.07, 6.45) is 0. The maximum Gasteiger partial charge on any atom is 0.233 e. The molecule has 1 aromatic heterocycles. The molecule has 3 aromatic rings. The molecule has 0 aliphatic heterocycles. The third kappa shape index (κ3) is 4.46. The van der Waals surface area contributed by atoms with Crippen LogP contribution in [0.15, 0.2) is 54.6 Å². The number of nitrogens with one attached hydrogen (secondary N) is 1. The molecule has 150 valence electrons. The number of benzene rings is 2. The van der Waals surface area contributed by atoms with Gasteiger partial charge in [-0.3, -0.25) is 9.59 Å². The quantitative estimate of drug-likeness (QED) is 0.578. The number of Topliss-reactive ketones (excluding diaryl/α,β-unsaturated/α-hetero) is 2. The molecule has 29 heavy (non-hydrogen) atoms. The number of quaternary nitrogens is 1. The lowest BCUT2D eigenvalue weighted by molar-refractivity contribution is -0.675. The molecule has 0 saturated heterocycles. The van der Waals surface area contributed by atoms with Gasteiger partial charge < -0.3 is 15.0 Å². The van der Waals surface area contributed by atoms with E-state index in [0.717, 1.165) is 28.1 Å². The van der Waals surface area contributed by atoms with Gasteiger partial charge in [0.1, 0.15) is 18.3 Å². The fraction of sp³-hybridized carbons (Fsp3) is 0.250. The Morgan fingerprint density at radius 2 is 1.62 bits per heavy atom. The number of hydrogen-bond acceptors (Lipinski definition) is 3. The van der Waals surface area contributed by atoms with Crippen molar-refractivity contribution in [2.45, 2.75) is 26.8 Å². The summed E-state index contributed by atoms with van der Waals surface area (Å²) >= 11 is 0. The predicted molar refractivity (Wildman–Crippen MR) is 113 cm³/mol. The molecule has 0 bridgehead atoms. The maximum atomic E-state index is 12.9. The van der Waals surface area contributed by atoms with Gasteiger partial charge in [-0.05, 0) is 50.6 Å². The first-order chi connectivity index (χ1) is 13.9. The van der Waals surface area contributed by atoms with Crippen molar-refractivity contribution >= 4 is 11.6 Å². The number of aromatic amines is 1. The standard InChI is InChI=1S/C24H26N2O3/c1-15-22(17(3)27)16(2)26-23(15)21(28)14-25-24(18-8-6-5-7-9-18)19-10-12-20(29-4)13-11-19/h5-13,24-26H,14H2,1-4H3/p+1/t24-/m0/s1. The molecule has 5 nitrogen and oxygen atoms in total. The van der Waals surface area contributed by atoms with E-state index in [4.69, 9.17) is 4.74 Å². The molecule has 0 fully saturated rings. The van der Waals surface area contributed by atoms with Crippen molar-refractivity contribution in [2.75, 3.05) is 13.7 Å². The molecule has 1 heterocycles. The molecule has 0 unspecified atom stereocenters. The zero-order valence-electron chi connectivity index (χ0n) is 17.3. The predicted octanol–water partition coefficient (Wildman–Crippen LogP) is 3.38. The Hall–Kier alpha value is -3.18. The number of carbonyl (C=O) groups excluding carboxylic acids is 2. The molecule has 3 N–H and O–H groups in total. The lowest BCUT2D eigenvalue weighted by Gasteiger charge is -2.16. The Labute approximate surface area is 171 Å². The molecule has 1 atom stereocenters. The zero-order chi connectivity index (χ0) is 21.0. The number of aromatic nitrogens is 1. The highest BCUT2D eigenvalue weighted by Crippen LogP contribution is 2.22. The fourth-order valence-electron chi connectivity index (χ4n) is 3.82. The van der Waals surface area contributed by atoms with Crippen LogP contribution < -0.4 is 10.1 Å². The van der Waals surface area contributed by atoms with E-state index < -0.39 is 0 Å². The minimum Gasteiger partial charge on any atom is -0.497 e. The number of ether oxygens (including phenoxy) is 1. The SMILES string of the molecule is COc1ccc([C@@H]([NH2+]CC(=O)c2[nH]c(C)c(C(C)=O)c2C)c2ccccc2)cc1. The highest BCUT2D eigenvalue weighted by molar-refractivity contribution is 6.03. The summed E-state index contributed by atoms with van der Waals surface area (Å²) in [6.45, 7) is 5.45. The number of carbonyl (C=O) groups is 2. The van der Waals surface area contributed by atoms with Crippen molar-refractivity contribution in [2.24, 2.45) is 0 Å². The van der Waals surface area contributed by atoms with Crippen molar-refractivity contribution in [3.05, 3.63) is 88.2 Å². The van der Waals surface area contributed by atoms with Crippen LogP contribution in [0.4, 0.5) is 0 Å². The normalized spacial score (nSPS) is 11.9. The number of nitrogens with two attached hydrogens (primary N) is 1. The molecule has 0 saturated carbocycles. The Kier molecular flexibility index (Phi) is 6.29. The van der Waals surface area contributed by atoms with Gasteiger partial charge in [-0.2, -0.15) is 0 Å². The Morgan fingerprint density at radius 3 is 2.17 bits per heavy atom. The summed E-state index contributed by atoms with van der Waals surface area (Å²) in [4.78, 5) is 27.9. The molecule has 0 amide bonds. The van der Waals surface area contributed by atoms with Gasteiger partial charge >= 0.3 is 0 Å². The molecule has 5 heteroatoms. The summed E-state index contributed by atoms with van der Waals surface area (Å²) in [5, 5.41) is 2.03. The van der Waals surface area contributed by atoms with Crippen molar-refractivity contribution in [3.8, 4) is 5.75 Å². The number of hydrogen-bond donors (Lipinski definition) is 2. The van der Waals surface area contributed by atoms with E-state index in [1.165, 1.54) is 6.92 Å². The first-order valence-electron chi connectivity index (χ1n) is 9.68. The van der Waals surface area contributed by atoms with Crippen molar-refractivity contribution in [3.63, 3.8) is 0 Å². The summed E-state index contributed by atoms with van der Waals surface area (Å²) in [5.74, 6) is 0.748. The molecule has 2 aromatic carbocycles. The van der Waals surface area contributed by atoms with Crippen LogP contribution >= 0.6 is 0 Å². The maximum absolute atomic E-state index is 12.9. The zero-order valence-corrected chi connectivity index (χ0v) is 17.3. The first-order valence-corrected chi connectivity index (χ1v) is 9.68. The molecule has 0 aliphatic rings. The van der Waals surface area contributed by atoms with E-state index in [1.54, 1.807) is 7.11 Å². The monoisotopic (exact) mass is 391 g/mol. The smallest absolute Gasteiger partial charge is 0.233 e. The van der Waals surface area contributed by atoms with Gasteiger partial charge in [0.05, 0.1) is 12.8 Å². The second-order valence-corrected chi connectivity index (χ2v) is 7.21. The van der Waals surface area contributed by atoms with Crippen molar-refractivity contribution < 1.29 is 19.6 Å². The number of H-pyrrole nitrogens is 1. The summed E-state index contributed by atoms with van der Waals surface area (Å²) in [7, 11) is 1.64. The highest BCUT2D eigenvalue weighted by atomic mass is 16.5. The molecular formula is C24H27N2O3+. The Morgan fingerprint density at radius 1 is 1.00 bits per heavy atom. The van der Waals surface area contributed by atoms with E-state index in [9.17, 15) is 9.59 Å². The van der Waals surface area contributed by atoms with Gasteiger partial charge in [-0.15, -0.1) is 0 Å². The fourth-order valence-corrected chi connectivity index (χ4v) is 3.82. The van der Waals surface area contributed by atoms with Crippen LogP contribution in [0.25, 0.3) is 0 Å². The van der Waals surface area contributed by atoms with Gasteiger partial charge in [-0.1, -0.05) is 30.3 Å². The second-order valence-electron chi connectivity index (χ2n) is 7.21. The number of ketones is 2. The largest absolute Gasteiger partial charge is 0.497 e. The third-order valence-corrected chi connectivity index (χ3v) is 5.24. The number of aryl methyl sites for hydroxylation is 1. The third-order valence-electron chi connectivity index (χ3n) is 5.24. The number of methoxy groups -OCH3 is 1. The minimum absolute atomic E-state index is 0.0188. The van der Waals surface area contributed by atoms with E-state index in [-0.39, 0.29) is 24.2 Å². The topological polar surface area (TPSA) is 75.8 Å². The highest BCUT2D eigenvalue weighted by Gasteiger charge is 2.23. The average molecular weight is 391 g/mol. The van der Waals surface area contributed by atoms with Crippen LogP contribution in [-0.4, -0.2) is 30.2 Å². The van der Waals surface area contributed by atoms with E-state index >= 15 is 0 Å². The van der Waals surface area contributed by atoms with E-state index in [2.05, 4.69) is 17.1 Å². The van der Waals surface area contributed by atoms with Crippen molar-refractivity contribution in [1.29, 1.82) is 0 Å². The molecule has 0 spiro atoms.